The van der Waals surface area contributed by atoms with Crippen molar-refractivity contribution in [3.05, 3.63) is 60.2 Å². The number of nitriles is 1. The van der Waals surface area contributed by atoms with Gasteiger partial charge in [-0.05, 0) is 86.7 Å². The van der Waals surface area contributed by atoms with Crippen molar-refractivity contribution in [3.8, 4) is 17.6 Å². The Balaban J connectivity index is 2.11. The summed E-state index contributed by atoms with van der Waals surface area (Å²) in [5, 5.41) is 21.8. The van der Waals surface area contributed by atoms with E-state index in [0.29, 0.717) is 19.2 Å². The van der Waals surface area contributed by atoms with E-state index in [1.807, 2.05) is 75.5 Å². The summed E-state index contributed by atoms with van der Waals surface area (Å²) < 4.78 is 6.40. The Hall–Kier alpha value is -1.80. The van der Waals surface area contributed by atoms with Crippen molar-refractivity contribution in [2.24, 2.45) is 0 Å². The molecule has 0 saturated heterocycles. The minimum Gasteiger partial charge on any atom is -0.506 e. The second kappa shape index (κ2) is 9.05. The normalized spacial score (nSPS) is 10.9. The zero-order valence-corrected chi connectivity index (χ0v) is 17.5. The molecule has 0 fully saturated rings. The molecule has 0 saturated carbocycles. The molecule has 0 aliphatic carbocycles. The van der Waals surface area contributed by atoms with Crippen LogP contribution in [0.25, 0.3) is 6.08 Å². The standard InChI is InChI=1S/C18H14I2N2O3/c1-25-14-4-2-11(3-5-14)10-22-18(24)13(9-21)6-12-7-15(19)17(23)16(20)8-12/h2-8,23H,10H2,1H3,(H,22,24)/b13-6-. The molecule has 25 heavy (non-hydrogen) atoms. The topological polar surface area (TPSA) is 82.3 Å². The minimum atomic E-state index is -0.448. The fourth-order valence-electron chi connectivity index (χ4n) is 2.00. The monoisotopic (exact) mass is 560 g/mol. The van der Waals surface area contributed by atoms with Crippen molar-refractivity contribution in [3.63, 3.8) is 0 Å². The maximum atomic E-state index is 12.2. The van der Waals surface area contributed by atoms with Crippen LogP contribution in [0.15, 0.2) is 42.0 Å². The predicted molar refractivity (Wildman–Crippen MR) is 112 cm³/mol. The Morgan fingerprint density at radius 3 is 2.40 bits per heavy atom. The molecule has 2 aromatic carbocycles. The number of rotatable bonds is 5. The first-order chi connectivity index (χ1) is 11.9. The molecule has 1 amide bonds. The molecule has 0 heterocycles. The summed E-state index contributed by atoms with van der Waals surface area (Å²) in [6, 6.07) is 12.7. The SMILES string of the molecule is COc1ccc(CNC(=O)/C(C#N)=C\c2cc(I)c(O)c(I)c2)cc1. The highest BCUT2D eigenvalue weighted by atomic mass is 127. The van der Waals surface area contributed by atoms with Crippen molar-refractivity contribution in [2.45, 2.75) is 6.54 Å². The number of hydrogen-bond acceptors (Lipinski definition) is 4. The first kappa shape index (κ1) is 19.5. The molecule has 2 rings (SSSR count). The molecule has 0 atom stereocenters. The number of amides is 1. The molecule has 0 aromatic heterocycles. The van der Waals surface area contributed by atoms with Gasteiger partial charge in [0.25, 0.3) is 5.91 Å². The maximum absolute atomic E-state index is 12.2. The largest absolute Gasteiger partial charge is 0.506 e. The number of carbonyl (C=O) groups is 1. The molecule has 2 aromatic rings. The molecule has 7 heteroatoms. The highest BCUT2D eigenvalue weighted by Crippen LogP contribution is 2.28. The molecule has 2 N–H and O–H groups in total. The number of phenolic OH excluding ortho intramolecular Hbond substituents is 1. The van der Waals surface area contributed by atoms with Crippen LogP contribution in [0.5, 0.6) is 11.5 Å². The van der Waals surface area contributed by atoms with Crippen molar-refractivity contribution < 1.29 is 14.6 Å². The van der Waals surface area contributed by atoms with E-state index in [0.717, 1.165) is 11.3 Å². The number of nitrogens with one attached hydrogen (secondary N) is 1. The number of aromatic hydroxyl groups is 1. The van der Waals surface area contributed by atoms with Crippen LogP contribution in [-0.4, -0.2) is 18.1 Å². The fraction of sp³-hybridized carbons (Fsp3) is 0.111. The molecule has 5 nitrogen and oxygen atoms in total. The van der Waals surface area contributed by atoms with Crippen LogP contribution in [0.4, 0.5) is 0 Å². The smallest absolute Gasteiger partial charge is 0.262 e. The molecular weight excluding hydrogens is 546 g/mol. The van der Waals surface area contributed by atoms with Gasteiger partial charge in [-0.25, -0.2) is 0 Å². The van der Waals surface area contributed by atoms with E-state index in [1.165, 1.54) is 6.08 Å². The van der Waals surface area contributed by atoms with E-state index in [2.05, 4.69) is 5.32 Å². The van der Waals surface area contributed by atoms with Gasteiger partial charge in [0.1, 0.15) is 23.1 Å². The average Bonchev–Trinajstić information content (AvgIpc) is 2.62. The molecule has 0 spiro atoms. The number of ether oxygens (including phenoxy) is 1. The number of hydrogen-bond donors (Lipinski definition) is 2. The van der Waals surface area contributed by atoms with E-state index in [-0.39, 0.29) is 11.3 Å². The van der Waals surface area contributed by atoms with Gasteiger partial charge in [-0.1, -0.05) is 12.1 Å². The maximum Gasteiger partial charge on any atom is 0.262 e. The lowest BCUT2D eigenvalue weighted by Crippen LogP contribution is -2.23. The summed E-state index contributed by atoms with van der Waals surface area (Å²) in [5.41, 5.74) is 1.59. The van der Waals surface area contributed by atoms with E-state index in [4.69, 9.17) is 4.74 Å². The molecule has 0 bridgehead atoms. The van der Waals surface area contributed by atoms with Crippen LogP contribution in [0.1, 0.15) is 11.1 Å². The summed E-state index contributed by atoms with van der Waals surface area (Å²) in [6.07, 6.45) is 1.51. The van der Waals surface area contributed by atoms with Crippen molar-refractivity contribution in [2.75, 3.05) is 7.11 Å². The number of benzene rings is 2. The Labute approximate surface area is 173 Å². The molecule has 128 valence electrons. The lowest BCUT2D eigenvalue weighted by atomic mass is 10.1. The molecule has 0 unspecified atom stereocenters. The number of halogens is 2. The minimum absolute atomic E-state index is 0.00537. The summed E-state index contributed by atoms with van der Waals surface area (Å²) >= 11 is 4.01. The number of phenols is 1. The van der Waals surface area contributed by atoms with Gasteiger partial charge in [0, 0.05) is 6.54 Å². The number of carbonyl (C=O) groups excluding carboxylic acids is 1. The van der Waals surface area contributed by atoms with Gasteiger partial charge in [-0.2, -0.15) is 5.26 Å². The van der Waals surface area contributed by atoms with Gasteiger partial charge in [0.15, 0.2) is 0 Å². The Bertz CT molecular complexity index is 833. The lowest BCUT2D eigenvalue weighted by molar-refractivity contribution is -0.117. The van der Waals surface area contributed by atoms with Gasteiger partial charge in [0.05, 0.1) is 14.3 Å². The third kappa shape index (κ3) is 5.34. The van der Waals surface area contributed by atoms with E-state index in [9.17, 15) is 15.2 Å². The van der Waals surface area contributed by atoms with Crippen molar-refractivity contribution >= 4 is 57.2 Å². The highest BCUT2D eigenvalue weighted by molar-refractivity contribution is 14.1. The van der Waals surface area contributed by atoms with Gasteiger partial charge >= 0.3 is 0 Å². The van der Waals surface area contributed by atoms with Gasteiger partial charge in [-0.15, -0.1) is 0 Å². The van der Waals surface area contributed by atoms with E-state index < -0.39 is 5.91 Å². The van der Waals surface area contributed by atoms with Gasteiger partial charge in [0.2, 0.25) is 0 Å². The van der Waals surface area contributed by atoms with Crippen molar-refractivity contribution in [1.82, 2.24) is 5.32 Å². The Kier molecular flexibility index (Phi) is 7.07. The Morgan fingerprint density at radius 1 is 1.28 bits per heavy atom. The van der Waals surface area contributed by atoms with Crippen LogP contribution in [-0.2, 0) is 11.3 Å². The number of nitrogens with zero attached hydrogens (tertiary/aromatic N) is 1. The van der Waals surface area contributed by atoms with Crippen LogP contribution in [0, 0.1) is 18.5 Å². The first-order valence-electron chi connectivity index (χ1n) is 7.15. The van der Waals surface area contributed by atoms with E-state index >= 15 is 0 Å². The number of methoxy groups -OCH3 is 1. The second-order valence-corrected chi connectivity index (χ2v) is 7.36. The third-order valence-corrected chi connectivity index (χ3v) is 4.97. The van der Waals surface area contributed by atoms with Crippen LogP contribution in [0.3, 0.4) is 0 Å². The third-order valence-electron chi connectivity index (χ3n) is 3.33. The summed E-state index contributed by atoms with van der Waals surface area (Å²) in [4.78, 5) is 12.2. The molecule has 0 aliphatic rings. The van der Waals surface area contributed by atoms with Crippen molar-refractivity contribution in [1.29, 1.82) is 5.26 Å². The molecule has 0 radical (unpaired) electrons. The Morgan fingerprint density at radius 2 is 1.88 bits per heavy atom. The van der Waals surface area contributed by atoms with Crippen LogP contribution in [0.2, 0.25) is 0 Å². The zero-order chi connectivity index (χ0) is 18.4. The zero-order valence-electron chi connectivity index (χ0n) is 13.2. The predicted octanol–water partition coefficient (Wildman–Crippen LogP) is 3.83. The second-order valence-electron chi connectivity index (χ2n) is 5.03. The lowest BCUT2D eigenvalue weighted by Gasteiger charge is -2.06. The summed E-state index contributed by atoms with van der Waals surface area (Å²) in [7, 11) is 1.59. The molecule has 0 aliphatic heterocycles. The first-order valence-corrected chi connectivity index (χ1v) is 9.31. The van der Waals surface area contributed by atoms with Crippen LogP contribution < -0.4 is 10.1 Å². The summed E-state index contributed by atoms with van der Waals surface area (Å²) in [6.45, 7) is 0.312. The quantitative estimate of drug-likeness (QED) is 0.331. The van der Waals surface area contributed by atoms with Gasteiger partial charge in [-0.3, -0.25) is 4.79 Å². The fourth-order valence-corrected chi connectivity index (χ4v) is 3.82. The van der Waals surface area contributed by atoms with E-state index in [1.54, 1.807) is 19.2 Å². The van der Waals surface area contributed by atoms with Gasteiger partial charge < -0.3 is 15.2 Å². The van der Waals surface area contributed by atoms with Crippen LogP contribution >= 0.6 is 45.2 Å². The molecular formula is C18H14I2N2O3. The summed E-state index contributed by atoms with van der Waals surface area (Å²) in [5.74, 6) is 0.487. The highest BCUT2D eigenvalue weighted by Gasteiger charge is 2.11. The average molecular weight is 560 g/mol.